The number of nitrogens with zero attached hydrogens (tertiary/aromatic N) is 2. The Kier molecular flexibility index (Phi) is 5.02. The average Bonchev–Trinajstić information content (AvgIpc) is 2.87. The number of halogens is 2. The largest absolute Gasteiger partial charge is 0.334 e. The maximum absolute atomic E-state index is 6.06. The van der Waals surface area contributed by atoms with Gasteiger partial charge in [0.2, 0.25) is 0 Å². The summed E-state index contributed by atoms with van der Waals surface area (Å²) in [7, 11) is 0. The minimum absolute atomic E-state index is 0.0773. The molecule has 1 unspecified atom stereocenters. The molecule has 5 heteroatoms. The molecule has 0 saturated heterocycles. The van der Waals surface area contributed by atoms with Crippen molar-refractivity contribution in [3.8, 4) is 0 Å². The predicted octanol–water partition coefficient (Wildman–Crippen LogP) is 4.02. The summed E-state index contributed by atoms with van der Waals surface area (Å²) in [5.41, 5.74) is 1.15. The summed E-state index contributed by atoms with van der Waals surface area (Å²) >= 11 is 9.54. The molecule has 0 bridgehead atoms. The van der Waals surface area contributed by atoms with Gasteiger partial charge in [0.25, 0.3) is 0 Å². The van der Waals surface area contributed by atoms with Crippen LogP contribution in [0.1, 0.15) is 31.3 Å². The molecule has 102 valence electrons. The van der Waals surface area contributed by atoms with Crippen molar-refractivity contribution in [2.45, 2.75) is 26.4 Å². The van der Waals surface area contributed by atoms with Crippen molar-refractivity contribution in [1.82, 2.24) is 14.9 Å². The first-order valence-electron chi connectivity index (χ1n) is 6.36. The van der Waals surface area contributed by atoms with E-state index in [-0.39, 0.29) is 6.04 Å². The second kappa shape index (κ2) is 6.55. The van der Waals surface area contributed by atoms with Crippen LogP contribution in [0.5, 0.6) is 0 Å². The van der Waals surface area contributed by atoms with E-state index >= 15 is 0 Å². The second-order valence-electron chi connectivity index (χ2n) is 4.24. The molecular formula is C14H17BrClN3. The standard InChI is InChI=1S/C14H17BrClN3/c1-3-17-13(14-18-7-8-19(14)4-2)10-5-6-12(16)11(15)9-10/h5-9,13,17H,3-4H2,1-2H3. The molecule has 1 aromatic carbocycles. The molecule has 19 heavy (non-hydrogen) atoms. The van der Waals surface area contributed by atoms with Crippen LogP contribution in [-0.2, 0) is 6.54 Å². The van der Waals surface area contributed by atoms with E-state index < -0.39 is 0 Å². The van der Waals surface area contributed by atoms with Gasteiger partial charge < -0.3 is 9.88 Å². The van der Waals surface area contributed by atoms with Gasteiger partial charge in [-0.1, -0.05) is 24.6 Å². The van der Waals surface area contributed by atoms with Gasteiger partial charge >= 0.3 is 0 Å². The summed E-state index contributed by atoms with van der Waals surface area (Å²) in [6, 6.07) is 6.07. The molecule has 0 fully saturated rings. The van der Waals surface area contributed by atoms with Gasteiger partial charge in [0.05, 0.1) is 11.1 Å². The van der Waals surface area contributed by atoms with E-state index in [1.165, 1.54) is 0 Å². The van der Waals surface area contributed by atoms with E-state index in [0.29, 0.717) is 0 Å². The topological polar surface area (TPSA) is 29.9 Å². The van der Waals surface area contributed by atoms with Crippen molar-refractivity contribution >= 4 is 27.5 Å². The molecule has 0 saturated carbocycles. The highest BCUT2D eigenvalue weighted by Gasteiger charge is 2.18. The number of hydrogen-bond donors (Lipinski definition) is 1. The summed E-state index contributed by atoms with van der Waals surface area (Å²) < 4.78 is 3.06. The maximum Gasteiger partial charge on any atom is 0.130 e. The Morgan fingerprint density at radius 2 is 2.21 bits per heavy atom. The zero-order chi connectivity index (χ0) is 13.8. The van der Waals surface area contributed by atoms with Crippen LogP contribution in [0, 0.1) is 0 Å². The van der Waals surface area contributed by atoms with Gasteiger partial charge in [0.1, 0.15) is 5.82 Å². The average molecular weight is 343 g/mol. The molecule has 1 heterocycles. The lowest BCUT2D eigenvalue weighted by atomic mass is 10.1. The third kappa shape index (κ3) is 3.19. The molecule has 0 aliphatic carbocycles. The monoisotopic (exact) mass is 341 g/mol. The third-order valence-corrected chi connectivity index (χ3v) is 4.25. The Labute approximate surface area is 127 Å². The Hall–Kier alpha value is -0.840. The number of benzene rings is 1. The van der Waals surface area contributed by atoms with E-state index in [1.54, 1.807) is 0 Å². The van der Waals surface area contributed by atoms with E-state index in [9.17, 15) is 0 Å². The van der Waals surface area contributed by atoms with Crippen LogP contribution in [0.4, 0.5) is 0 Å². The van der Waals surface area contributed by atoms with E-state index in [0.717, 1.165) is 34.0 Å². The second-order valence-corrected chi connectivity index (χ2v) is 5.50. The summed E-state index contributed by atoms with van der Waals surface area (Å²) in [5, 5.41) is 4.20. The van der Waals surface area contributed by atoms with Crippen LogP contribution >= 0.6 is 27.5 Å². The Balaban J connectivity index is 2.42. The molecule has 0 aliphatic heterocycles. The van der Waals surface area contributed by atoms with E-state index in [2.05, 4.69) is 44.6 Å². The molecule has 0 amide bonds. The smallest absolute Gasteiger partial charge is 0.130 e. The lowest BCUT2D eigenvalue weighted by molar-refractivity contribution is 0.559. The fraction of sp³-hybridized carbons (Fsp3) is 0.357. The minimum atomic E-state index is 0.0773. The molecule has 0 radical (unpaired) electrons. The van der Waals surface area contributed by atoms with Gasteiger partial charge in [-0.25, -0.2) is 4.98 Å². The first-order valence-corrected chi connectivity index (χ1v) is 7.53. The Morgan fingerprint density at radius 1 is 1.42 bits per heavy atom. The molecule has 2 aromatic rings. The first kappa shape index (κ1) is 14.6. The van der Waals surface area contributed by atoms with Crippen LogP contribution in [0.25, 0.3) is 0 Å². The Morgan fingerprint density at radius 3 is 2.84 bits per heavy atom. The number of nitrogens with one attached hydrogen (secondary N) is 1. The number of hydrogen-bond acceptors (Lipinski definition) is 2. The number of aromatic nitrogens is 2. The van der Waals surface area contributed by atoms with Gasteiger partial charge in [-0.2, -0.15) is 0 Å². The highest BCUT2D eigenvalue weighted by atomic mass is 79.9. The minimum Gasteiger partial charge on any atom is -0.334 e. The van der Waals surface area contributed by atoms with Gasteiger partial charge in [-0.15, -0.1) is 0 Å². The van der Waals surface area contributed by atoms with Gasteiger partial charge in [0.15, 0.2) is 0 Å². The number of rotatable bonds is 5. The maximum atomic E-state index is 6.06. The van der Waals surface area contributed by atoms with Crippen molar-refractivity contribution in [2.75, 3.05) is 6.54 Å². The fourth-order valence-corrected chi connectivity index (χ4v) is 2.62. The molecule has 3 nitrogen and oxygen atoms in total. The highest BCUT2D eigenvalue weighted by Crippen LogP contribution is 2.28. The first-order chi connectivity index (χ1) is 9.17. The van der Waals surface area contributed by atoms with E-state index in [1.807, 2.05) is 30.6 Å². The molecule has 0 spiro atoms. The van der Waals surface area contributed by atoms with Crippen LogP contribution < -0.4 is 5.32 Å². The molecular weight excluding hydrogens is 326 g/mol. The van der Waals surface area contributed by atoms with Crippen LogP contribution in [0.3, 0.4) is 0 Å². The van der Waals surface area contributed by atoms with E-state index in [4.69, 9.17) is 11.6 Å². The van der Waals surface area contributed by atoms with Crippen LogP contribution in [-0.4, -0.2) is 16.1 Å². The summed E-state index contributed by atoms with van der Waals surface area (Å²) in [6.07, 6.45) is 3.85. The summed E-state index contributed by atoms with van der Waals surface area (Å²) in [4.78, 5) is 4.49. The summed E-state index contributed by atoms with van der Waals surface area (Å²) in [6.45, 7) is 6.00. The molecule has 1 atom stereocenters. The van der Waals surface area contributed by atoms with Crippen molar-refractivity contribution < 1.29 is 0 Å². The van der Waals surface area contributed by atoms with Crippen molar-refractivity contribution in [3.63, 3.8) is 0 Å². The quantitative estimate of drug-likeness (QED) is 0.889. The SMILES string of the molecule is CCNC(c1ccc(Cl)c(Br)c1)c1nccn1CC. The Bertz CT molecular complexity index is 553. The number of aryl methyl sites for hydroxylation is 1. The molecule has 2 rings (SSSR count). The lowest BCUT2D eigenvalue weighted by Gasteiger charge is -2.19. The van der Waals surface area contributed by atoms with Gasteiger partial charge in [-0.3, -0.25) is 0 Å². The zero-order valence-electron chi connectivity index (χ0n) is 11.0. The fourth-order valence-electron chi connectivity index (χ4n) is 2.10. The van der Waals surface area contributed by atoms with Crippen LogP contribution in [0.15, 0.2) is 35.1 Å². The number of imidazole rings is 1. The van der Waals surface area contributed by atoms with Crippen LogP contribution in [0.2, 0.25) is 5.02 Å². The zero-order valence-corrected chi connectivity index (χ0v) is 13.4. The highest BCUT2D eigenvalue weighted by molar-refractivity contribution is 9.10. The molecule has 1 N–H and O–H groups in total. The summed E-state index contributed by atoms with van der Waals surface area (Å²) in [5.74, 6) is 1.03. The third-order valence-electron chi connectivity index (χ3n) is 3.03. The van der Waals surface area contributed by atoms with Gasteiger partial charge in [-0.05, 0) is 47.1 Å². The van der Waals surface area contributed by atoms with Gasteiger partial charge in [0, 0.05) is 23.4 Å². The predicted molar refractivity (Wildman–Crippen MR) is 82.6 cm³/mol. The normalized spacial score (nSPS) is 12.6. The molecule has 0 aliphatic rings. The van der Waals surface area contributed by atoms with Crippen molar-refractivity contribution in [1.29, 1.82) is 0 Å². The van der Waals surface area contributed by atoms with Crippen molar-refractivity contribution in [2.24, 2.45) is 0 Å². The molecule has 1 aromatic heterocycles. The lowest BCUT2D eigenvalue weighted by Crippen LogP contribution is -2.25. The van der Waals surface area contributed by atoms with Crippen molar-refractivity contribution in [3.05, 3.63) is 51.5 Å².